The minimum atomic E-state index is -3.54. The summed E-state index contributed by atoms with van der Waals surface area (Å²) < 4.78 is 38.3. The van der Waals surface area contributed by atoms with Crippen molar-refractivity contribution in [3.63, 3.8) is 0 Å². The topological polar surface area (TPSA) is 111 Å². The molecule has 1 aromatic carbocycles. The predicted octanol–water partition coefficient (Wildman–Crippen LogP) is 4.49. The normalized spacial score (nSPS) is 18.9. The van der Waals surface area contributed by atoms with Crippen LogP contribution in [-0.2, 0) is 28.9 Å². The minimum absolute atomic E-state index is 0.0418. The van der Waals surface area contributed by atoms with E-state index in [1.54, 1.807) is 0 Å². The van der Waals surface area contributed by atoms with E-state index in [-0.39, 0.29) is 29.6 Å². The van der Waals surface area contributed by atoms with Crippen LogP contribution in [0, 0.1) is 5.92 Å². The molecule has 0 bridgehead atoms. The van der Waals surface area contributed by atoms with E-state index in [1.165, 1.54) is 6.26 Å². The molecule has 2 aliphatic rings. The number of sulfone groups is 1. The summed E-state index contributed by atoms with van der Waals surface area (Å²) in [5.74, 6) is -0.0429. The first kappa shape index (κ1) is 33.1. The smallest absolute Gasteiger partial charge is 0.320 e. The van der Waals surface area contributed by atoms with Gasteiger partial charge in [0.05, 0.1) is 24.6 Å². The van der Waals surface area contributed by atoms with Gasteiger partial charge in [-0.2, -0.15) is 5.10 Å². The van der Waals surface area contributed by atoms with Crippen molar-refractivity contribution in [2.24, 2.45) is 5.92 Å². The number of aromatic nitrogens is 2. The maximum Gasteiger partial charge on any atom is 0.320 e. The van der Waals surface area contributed by atoms with E-state index in [4.69, 9.17) is 9.47 Å². The molecule has 2 saturated heterocycles. The van der Waals surface area contributed by atoms with Crippen molar-refractivity contribution in [2.45, 2.75) is 89.5 Å². The summed E-state index contributed by atoms with van der Waals surface area (Å²) >= 11 is 0. The molecule has 0 saturated carbocycles. The van der Waals surface area contributed by atoms with Crippen LogP contribution in [-0.4, -0.2) is 96.7 Å². The van der Waals surface area contributed by atoms with Gasteiger partial charge in [-0.1, -0.05) is 18.2 Å². The molecule has 0 spiro atoms. The maximum absolute atomic E-state index is 12.7. The van der Waals surface area contributed by atoms with Gasteiger partial charge >= 0.3 is 11.9 Å². The number of hydrogen-bond donors (Lipinski definition) is 0. The van der Waals surface area contributed by atoms with Gasteiger partial charge in [0.2, 0.25) is 0 Å². The first-order valence-corrected chi connectivity index (χ1v) is 17.1. The second-order valence-corrected chi connectivity index (χ2v) is 15.9. The molecule has 0 amide bonds. The number of likely N-dealkylation sites (tertiary alicyclic amines) is 2. The van der Waals surface area contributed by atoms with Gasteiger partial charge in [0, 0.05) is 24.7 Å². The van der Waals surface area contributed by atoms with Gasteiger partial charge < -0.3 is 9.47 Å². The largest absolute Gasteiger partial charge is 0.459 e. The third-order valence-corrected chi connectivity index (χ3v) is 8.69. The number of nitrogens with zero attached hydrogens (tertiary/aromatic N) is 4. The average Bonchev–Trinajstić information content (AvgIpc) is 3.26. The summed E-state index contributed by atoms with van der Waals surface area (Å²) in [7, 11) is -3.54. The highest BCUT2D eigenvalue weighted by Crippen LogP contribution is 2.31. The summed E-state index contributed by atoms with van der Waals surface area (Å²) in [6, 6.07) is 5.94. The fourth-order valence-corrected chi connectivity index (χ4v) is 6.57. The molecule has 11 heteroatoms. The standard InChI is InChI=1S/C32H48N4O6S/c1-31(2,3)41-28(37)21-34-16-12-23(13-17-34)8-9-24-10-11-27-26(20-24)30(43(7,39)40)33-36(27)25-14-18-35(19-15-25)22-29(38)42-32(4,5)6/h8-11,20,23,25H,12-19,21-22H2,1-7H3. The Labute approximate surface area is 256 Å². The highest BCUT2D eigenvalue weighted by Gasteiger charge is 2.28. The lowest BCUT2D eigenvalue weighted by Gasteiger charge is -2.32. The van der Waals surface area contributed by atoms with E-state index in [9.17, 15) is 18.0 Å². The summed E-state index contributed by atoms with van der Waals surface area (Å²) in [6.45, 7) is 14.8. The molecule has 1 aromatic heterocycles. The molecule has 43 heavy (non-hydrogen) atoms. The van der Waals surface area contributed by atoms with E-state index in [1.807, 2.05) is 64.4 Å². The zero-order chi connectivity index (χ0) is 31.6. The monoisotopic (exact) mass is 616 g/mol. The number of esters is 2. The zero-order valence-electron chi connectivity index (χ0n) is 26.8. The molecule has 0 atom stereocenters. The Bertz CT molecular complexity index is 1430. The van der Waals surface area contributed by atoms with Crippen LogP contribution in [0.4, 0.5) is 0 Å². The molecule has 0 unspecified atom stereocenters. The fourth-order valence-electron chi connectivity index (χ4n) is 5.77. The number of allylic oxidation sites excluding steroid dienone is 1. The van der Waals surface area contributed by atoms with Crippen LogP contribution < -0.4 is 0 Å². The number of piperidine rings is 2. The van der Waals surface area contributed by atoms with Crippen molar-refractivity contribution < 1.29 is 27.5 Å². The van der Waals surface area contributed by atoms with Gasteiger partial charge in [-0.25, -0.2) is 8.42 Å². The van der Waals surface area contributed by atoms with Crippen LogP contribution in [0.15, 0.2) is 29.3 Å². The van der Waals surface area contributed by atoms with E-state index in [0.29, 0.717) is 30.9 Å². The van der Waals surface area contributed by atoms with Crippen molar-refractivity contribution in [2.75, 3.05) is 45.5 Å². The molecule has 2 fully saturated rings. The number of benzene rings is 1. The molecular weight excluding hydrogens is 568 g/mol. The second-order valence-electron chi connectivity index (χ2n) is 14.0. The summed E-state index contributed by atoms with van der Waals surface area (Å²) in [6.07, 6.45) is 8.87. The zero-order valence-corrected chi connectivity index (χ0v) is 27.6. The number of fused-ring (bicyclic) bond motifs is 1. The minimum Gasteiger partial charge on any atom is -0.459 e. The number of hydrogen-bond acceptors (Lipinski definition) is 9. The molecule has 2 aliphatic heterocycles. The van der Waals surface area contributed by atoms with Crippen LogP contribution in [0.3, 0.4) is 0 Å². The van der Waals surface area contributed by atoms with Gasteiger partial charge in [-0.3, -0.25) is 24.1 Å². The second kappa shape index (κ2) is 13.1. The maximum atomic E-state index is 12.7. The highest BCUT2D eigenvalue weighted by atomic mass is 32.2. The lowest BCUT2D eigenvalue weighted by atomic mass is 9.95. The van der Waals surface area contributed by atoms with Crippen LogP contribution in [0.1, 0.15) is 78.8 Å². The van der Waals surface area contributed by atoms with Gasteiger partial charge in [0.25, 0.3) is 0 Å². The molecule has 0 radical (unpaired) electrons. The molecule has 2 aromatic rings. The lowest BCUT2D eigenvalue weighted by Crippen LogP contribution is -2.40. The van der Waals surface area contributed by atoms with E-state index < -0.39 is 21.0 Å². The summed E-state index contributed by atoms with van der Waals surface area (Å²) in [4.78, 5) is 28.7. The average molecular weight is 617 g/mol. The van der Waals surface area contributed by atoms with E-state index in [2.05, 4.69) is 27.1 Å². The Morgan fingerprint density at radius 3 is 1.88 bits per heavy atom. The molecule has 3 heterocycles. The Hall–Kier alpha value is -2.76. The number of ether oxygens (including phenoxy) is 2. The van der Waals surface area contributed by atoms with Crippen molar-refractivity contribution in [1.82, 2.24) is 19.6 Å². The Morgan fingerprint density at radius 2 is 1.40 bits per heavy atom. The SMILES string of the molecule is CC(C)(C)OC(=O)CN1CCC(C=Cc2ccc3c(c2)c(S(C)(=O)=O)nn3C2CCN(CC(=O)OC(C)(C)C)CC2)CC1. The van der Waals surface area contributed by atoms with Crippen molar-refractivity contribution in [3.8, 4) is 0 Å². The van der Waals surface area contributed by atoms with Gasteiger partial charge in [0.15, 0.2) is 14.9 Å². The first-order valence-electron chi connectivity index (χ1n) is 15.3. The summed E-state index contributed by atoms with van der Waals surface area (Å²) in [5, 5.41) is 5.35. The number of rotatable bonds is 8. The van der Waals surface area contributed by atoms with Crippen LogP contribution in [0.25, 0.3) is 17.0 Å². The Morgan fingerprint density at radius 1 is 0.884 bits per heavy atom. The van der Waals surface area contributed by atoms with Gasteiger partial charge in [-0.05, 0) is 104 Å². The van der Waals surface area contributed by atoms with Crippen molar-refractivity contribution in [3.05, 3.63) is 29.8 Å². The number of carbonyl (C=O) groups excluding carboxylic acids is 2. The van der Waals surface area contributed by atoms with E-state index in [0.717, 1.165) is 49.9 Å². The predicted molar refractivity (Wildman–Crippen MR) is 167 cm³/mol. The fraction of sp³-hybridized carbons (Fsp3) is 0.656. The molecule has 238 valence electrons. The van der Waals surface area contributed by atoms with Gasteiger partial charge in [0.1, 0.15) is 11.2 Å². The first-order chi connectivity index (χ1) is 20.0. The Kier molecular flexibility index (Phi) is 10.1. The van der Waals surface area contributed by atoms with Crippen LogP contribution >= 0.6 is 0 Å². The van der Waals surface area contributed by atoms with Crippen LogP contribution in [0.2, 0.25) is 0 Å². The summed E-state index contributed by atoms with van der Waals surface area (Å²) in [5.41, 5.74) is 0.743. The molecular formula is C32H48N4O6S. The van der Waals surface area contributed by atoms with E-state index >= 15 is 0 Å². The quantitative estimate of drug-likeness (QED) is 0.396. The van der Waals surface area contributed by atoms with Crippen molar-refractivity contribution in [1.29, 1.82) is 0 Å². The molecule has 4 rings (SSSR count). The van der Waals surface area contributed by atoms with Crippen LogP contribution in [0.5, 0.6) is 0 Å². The molecule has 10 nitrogen and oxygen atoms in total. The number of carbonyl (C=O) groups is 2. The molecule has 0 aliphatic carbocycles. The Balaban J connectivity index is 1.40. The highest BCUT2D eigenvalue weighted by molar-refractivity contribution is 7.90. The lowest BCUT2D eigenvalue weighted by molar-refractivity contribution is -0.157. The third kappa shape index (κ3) is 9.61. The third-order valence-electron chi connectivity index (χ3n) is 7.69. The molecule has 0 N–H and O–H groups in total. The van der Waals surface area contributed by atoms with Crippen molar-refractivity contribution >= 4 is 38.8 Å². The van der Waals surface area contributed by atoms with Gasteiger partial charge in [-0.15, -0.1) is 0 Å².